The fourth-order valence-electron chi connectivity index (χ4n) is 3.80. The number of benzene rings is 1. The zero-order valence-corrected chi connectivity index (χ0v) is 17.5. The molecule has 158 valence electrons. The molecule has 0 aliphatic carbocycles. The van der Waals surface area contributed by atoms with Crippen molar-refractivity contribution in [1.29, 1.82) is 5.26 Å². The van der Waals surface area contributed by atoms with Crippen molar-refractivity contribution in [2.75, 3.05) is 13.7 Å². The van der Waals surface area contributed by atoms with Gasteiger partial charge in [-0.2, -0.15) is 5.26 Å². The molecule has 7 nitrogen and oxygen atoms in total. The molecule has 3 N–H and O–H groups in total. The highest BCUT2D eigenvalue weighted by Crippen LogP contribution is 2.21. The molecule has 0 unspecified atom stereocenters. The number of hydrogen-bond donors (Lipinski definition) is 2. The summed E-state index contributed by atoms with van der Waals surface area (Å²) >= 11 is 0. The minimum absolute atomic E-state index is 0.168. The molecular formula is C22H32N4O3. The second kappa shape index (κ2) is 10.9. The summed E-state index contributed by atoms with van der Waals surface area (Å²) in [6.45, 7) is 4.56. The average Bonchev–Trinajstić information content (AvgIpc) is 3.20. The second-order valence-electron chi connectivity index (χ2n) is 8.02. The zero-order chi connectivity index (χ0) is 21.4. The van der Waals surface area contributed by atoms with E-state index in [2.05, 4.69) is 11.4 Å². The Labute approximate surface area is 173 Å². The number of methoxy groups -OCH3 is 1. The van der Waals surface area contributed by atoms with Crippen LogP contribution in [-0.2, 0) is 20.7 Å². The Kier molecular flexibility index (Phi) is 8.62. The van der Waals surface area contributed by atoms with Gasteiger partial charge in [0.25, 0.3) is 0 Å². The van der Waals surface area contributed by atoms with Crippen molar-refractivity contribution in [3.05, 3.63) is 35.9 Å². The summed E-state index contributed by atoms with van der Waals surface area (Å²) in [5.41, 5.74) is 7.35. The zero-order valence-electron chi connectivity index (χ0n) is 17.5. The fraction of sp³-hybridized carbons (Fsp3) is 0.591. The lowest BCUT2D eigenvalue weighted by molar-refractivity contribution is -0.151. The third kappa shape index (κ3) is 6.28. The Bertz CT molecular complexity index is 717. The van der Waals surface area contributed by atoms with Crippen LogP contribution in [0.25, 0.3) is 0 Å². The minimum atomic E-state index is -0.679. The van der Waals surface area contributed by atoms with E-state index < -0.39 is 30.1 Å². The van der Waals surface area contributed by atoms with Gasteiger partial charge in [0, 0.05) is 12.6 Å². The summed E-state index contributed by atoms with van der Waals surface area (Å²) in [5.74, 6) is -0.323. The topological polar surface area (TPSA) is 108 Å². The van der Waals surface area contributed by atoms with E-state index in [4.69, 9.17) is 10.5 Å². The number of amides is 1. The number of hydrogen-bond acceptors (Lipinski definition) is 6. The molecule has 1 fully saturated rings. The fourth-order valence-corrected chi connectivity index (χ4v) is 3.80. The number of carbonyl (C=O) groups excluding carboxylic acids is 2. The van der Waals surface area contributed by atoms with Crippen LogP contribution in [0.1, 0.15) is 38.7 Å². The number of rotatable bonds is 9. The van der Waals surface area contributed by atoms with E-state index in [0.29, 0.717) is 25.8 Å². The highest BCUT2D eigenvalue weighted by atomic mass is 16.5. The van der Waals surface area contributed by atoms with E-state index in [9.17, 15) is 14.9 Å². The molecule has 1 amide bonds. The van der Waals surface area contributed by atoms with Crippen LogP contribution in [0.2, 0.25) is 0 Å². The number of carbonyl (C=O) groups is 2. The molecule has 4 atom stereocenters. The largest absolute Gasteiger partial charge is 0.467 e. The first-order valence-electron chi connectivity index (χ1n) is 10.2. The van der Waals surface area contributed by atoms with Crippen molar-refractivity contribution in [3.63, 3.8) is 0 Å². The van der Waals surface area contributed by atoms with Crippen molar-refractivity contribution < 1.29 is 14.3 Å². The van der Waals surface area contributed by atoms with Crippen LogP contribution in [-0.4, -0.2) is 54.6 Å². The van der Waals surface area contributed by atoms with Crippen molar-refractivity contribution in [1.82, 2.24) is 10.2 Å². The monoisotopic (exact) mass is 400 g/mol. The minimum Gasteiger partial charge on any atom is -0.467 e. The predicted octanol–water partition coefficient (Wildman–Crippen LogP) is 1.62. The van der Waals surface area contributed by atoms with Crippen LogP contribution < -0.4 is 11.1 Å². The van der Waals surface area contributed by atoms with Crippen LogP contribution in [0.4, 0.5) is 0 Å². The van der Waals surface area contributed by atoms with Gasteiger partial charge in [-0.1, -0.05) is 44.2 Å². The number of esters is 1. The van der Waals surface area contributed by atoms with Crippen molar-refractivity contribution >= 4 is 11.9 Å². The van der Waals surface area contributed by atoms with Crippen molar-refractivity contribution in [3.8, 4) is 6.07 Å². The maximum Gasteiger partial charge on any atom is 0.328 e. The van der Waals surface area contributed by atoms with Gasteiger partial charge in [-0.15, -0.1) is 0 Å². The van der Waals surface area contributed by atoms with Crippen molar-refractivity contribution in [2.45, 2.75) is 63.7 Å². The highest BCUT2D eigenvalue weighted by Gasteiger charge is 2.38. The van der Waals surface area contributed by atoms with Gasteiger partial charge in [-0.25, -0.2) is 4.79 Å². The first-order valence-corrected chi connectivity index (χ1v) is 10.2. The number of likely N-dealkylation sites (tertiary alicyclic amines) is 1. The van der Waals surface area contributed by atoms with Crippen LogP contribution in [0.3, 0.4) is 0 Å². The molecule has 29 heavy (non-hydrogen) atoms. The van der Waals surface area contributed by atoms with Crippen LogP contribution in [0.15, 0.2) is 30.3 Å². The molecule has 1 aliphatic heterocycles. The molecule has 1 aromatic rings. The SMILES string of the molecule is COC(=O)[C@@H]1CCCN1C(=O)[C@H](CC(C)C)N[C@@H](C#N)[C@@H](N)Cc1ccccc1. The van der Waals surface area contributed by atoms with Gasteiger partial charge in [0.15, 0.2) is 0 Å². The molecule has 7 heteroatoms. The normalized spacial score (nSPS) is 19.4. The Morgan fingerprint density at radius 2 is 2.03 bits per heavy atom. The number of ether oxygens (including phenoxy) is 1. The van der Waals surface area contributed by atoms with E-state index in [-0.39, 0.29) is 11.8 Å². The molecule has 0 bridgehead atoms. The van der Waals surface area contributed by atoms with Gasteiger partial charge >= 0.3 is 5.97 Å². The number of nitrogens with two attached hydrogens (primary N) is 1. The summed E-state index contributed by atoms with van der Waals surface area (Å²) < 4.78 is 4.86. The van der Waals surface area contributed by atoms with Gasteiger partial charge in [-0.3, -0.25) is 10.1 Å². The average molecular weight is 401 g/mol. The van der Waals surface area contributed by atoms with Crippen molar-refractivity contribution in [2.24, 2.45) is 11.7 Å². The smallest absolute Gasteiger partial charge is 0.328 e. The summed E-state index contributed by atoms with van der Waals surface area (Å²) in [5, 5.41) is 12.9. The molecule has 1 heterocycles. The maximum atomic E-state index is 13.2. The quantitative estimate of drug-likeness (QED) is 0.610. The third-order valence-electron chi connectivity index (χ3n) is 5.28. The van der Waals surface area contributed by atoms with E-state index in [1.807, 2.05) is 44.2 Å². The predicted molar refractivity (Wildman–Crippen MR) is 111 cm³/mol. The second-order valence-corrected chi connectivity index (χ2v) is 8.02. The Balaban J connectivity index is 2.12. The number of nitrogens with zero attached hydrogens (tertiary/aromatic N) is 2. The maximum absolute atomic E-state index is 13.2. The van der Waals surface area contributed by atoms with Gasteiger partial charge in [0.1, 0.15) is 12.1 Å². The van der Waals surface area contributed by atoms with Crippen LogP contribution >= 0.6 is 0 Å². The Morgan fingerprint density at radius 3 is 2.62 bits per heavy atom. The van der Waals surface area contributed by atoms with E-state index >= 15 is 0 Å². The summed E-state index contributed by atoms with van der Waals surface area (Å²) in [6, 6.07) is 9.68. The molecule has 1 aliphatic rings. The van der Waals surface area contributed by atoms with Gasteiger partial charge < -0.3 is 15.4 Å². The Hall–Kier alpha value is -2.43. The lowest BCUT2D eigenvalue weighted by atomic mass is 9.97. The van der Waals surface area contributed by atoms with E-state index in [1.165, 1.54) is 7.11 Å². The molecule has 0 radical (unpaired) electrons. The highest BCUT2D eigenvalue weighted by molar-refractivity contribution is 5.88. The molecule has 2 rings (SSSR count). The van der Waals surface area contributed by atoms with E-state index in [1.54, 1.807) is 4.90 Å². The molecule has 1 saturated heterocycles. The first-order chi connectivity index (χ1) is 13.9. The molecular weight excluding hydrogens is 368 g/mol. The molecule has 0 spiro atoms. The van der Waals surface area contributed by atoms with E-state index in [0.717, 1.165) is 12.0 Å². The lowest BCUT2D eigenvalue weighted by Gasteiger charge is -2.31. The van der Waals surface area contributed by atoms with Crippen LogP contribution in [0, 0.1) is 17.2 Å². The molecule has 1 aromatic carbocycles. The van der Waals surface area contributed by atoms with Gasteiger partial charge in [0.05, 0.1) is 19.2 Å². The summed E-state index contributed by atoms with van der Waals surface area (Å²) in [6.07, 6.45) is 2.44. The van der Waals surface area contributed by atoms with Gasteiger partial charge in [-0.05, 0) is 37.2 Å². The third-order valence-corrected chi connectivity index (χ3v) is 5.28. The number of nitriles is 1. The molecule has 0 saturated carbocycles. The first kappa shape index (κ1) is 22.9. The summed E-state index contributed by atoms with van der Waals surface area (Å²) in [7, 11) is 1.33. The Morgan fingerprint density at radius 1 is 1.34 bits per heavy atom. The van der Waals surface area contributed by atoms with Crippen LogP contribution in [0.5, 0.6) is 0 Å². The standard InChI is InChI=1S/C22H32N4O3/c1-15(2)12-18(21(27)26-11-7-10-20(26)22(28)29-3)25-19(14-23)17(24)13-16-8-5-4-6-9-16/h4-6,8-9,15,17-20,25H,7,10-13,24H2,1-3H3/t17-,18-,19-,20-/m0/s1. The lowest BCUT2D eigenvalue weighted by Crippen LogP contribution is -2.56. The van der Waals surface area contributed by atoms with Gasteiger partial charge in [0.2, 0.25) is 5.91 Å². The number of nitrogens with one attached hydrogen (secondary N) is 1. The molecule has 0 aromatic heterocycles. The summed E-state index contributed by atoms with van der Waals surface area (Å²) in [4.78, 5) is 26.9.